The summed E-state index contributed by atoms with van der Waals surface area (Å²) in [6.07, 6.45) is 4.95. The molecule has 1 saturated carbocycles. The van der Waals surface area contributed by atoms with Crippen LogP contribution in [-0.4, -0.2) is 67.8 Å². The Bertz CT molecular complexity index is 793. The van der Waals surface area contributed by atoms with Gasteiger partial charge in [-0.1, -0.05) is 18.9 Å². The van der Waals surface area contributed by atoms with Gasteiger partial charge in [0, 0.05) is 43.4 Å². The van der Waals surface area contributed by atoms with E-state index in [1.54, 1.807) is 25.1 Å². The van der Waals surface area contributed by atoms with E-state index in [2.05, 4.69) is 10.2 Å². The molecule has 1 aliphatic carbocycles. The van der Waals surface area contributed by atoms with E-state index in [0.29, 0.717) is 29.1 Å². The van der Waals surface area contributed by atoms with Crippen LogP contribution in [0.25, 0.3) is 0 Å². The van der Waals surface area contributed by atoms with Crippen LogP contribution in [-0.2, 0) is 14.8 Å². The van der Waals surface area contributed by atoms with Crippen LogP contribution in [0, 0.1) is 6.92 Å². The van der Waals surface area contributed by atoms with Crippen LogP contribution < -0.4 is 5.32 Å². The number of nitrogens with zero attached hydrogens (tertiary/aromatic N) is 2. The number of hydrogen-bond donors (Lipinski definition) is 1. The highest BCUT2D eigenvalue weighted by molar-refractivity contribution is 8.00. The van der Waals surface area contributed by atoms with Crippen LogP contribution in [0.15, 0.2) is 23.1 Å². The fourth-order valence-corrected chi connectivity index (χ4v) is 6.56. The first-order valence-electron chi connectivity index (χ1n) is 9.48. The zero-order chi connectivity index (χ0) is 19.6. The largest absolute Gasteiger partial charge is 0.325 e. The molecule has 27 heavy (non-hydrogen) atoms. The molecule has 150 valence electrons. The lowest BCUT2D eigenvalue weighted by Crippen LogP contribution is -2.51. The van der Waals surface area contributed by atoms with Crippen molar-refractivity contribution in [3.63, 3.8) is 0 Å². The number of hydrogen-bond acceptors (Lipinski definition) is 5. The minimum atomic E-state index is -3.54. The predicted octanol–water partition coefficient (Wildman–Crippen LogP) is 2.54. The second-order valence-corrected chi connectivity index (χ2v) is 11.0. The first-order valence-corrected chi connectivity index (χ1v) is 12.0. The molecule has 1 aliphatic heterocycles. The SMILES string of the molecule is Cc1ccc(NC(=O)CN2CCSC3CCCCC32)cc1S(=O)(=O)N(C)C. The maximum absolute atomic E-state index is 12.6. The second kappa shape index (κ2) is 8.51. The lowest BCUT2D eigenvalue weighted by atomic mass is 9.93. The summed E-state index contributed by atoms with van der Waals surface area (Å²) in [6.45, 7) is 3.06. The van der Waals surface area contributed by atoms with Gasteiger partial charge < -0.3 is 5.32 Å². The van der Waals surface area contributed by atoms with Crippen molar-refractivity contribution in [3.8, 4) is 0 Å². The normalized spacial score (nSPS) is 23.9. The Morgan fingerprint density at radius 1 is 1.30 bits per heavy atom. The van der Waals surface area contributed by atoms with Gasteiger partial charge in [0.15, 0.2) is 0 Å². The number of thioether (sulfide) groups is 1. The van der Waals surface area contributed by atoms with E-state index in [0.717, 1.165) is 12.3 Å². The van der Waals surface area contributed by atoms with Crippen molar-refractivity contribution in [1.82, 2.24) is 9.21 Å². The summed E-state index contributed by atoms with van der Waals surface area (Å²) in [5.41, 5.74) is 1.19. The molecule has 1 aromatic rings. The molecule has 8 heteroatoms. The van der Waals surface area contributed by atoms with Crippen molar-refractivity contribution in [2.45, 2.75) is 48.8 Å². The molecule has 1 amide bonds. The number of fused-ring (bicyclic) bond motifs is 1. The number of benzene rings is 1. The number of anilines is 1. The van der Waals surface area contributed by atoms with E-state index in [1.165, 1.54) is 44.1 Å². The van der Waals surface area contributed by atoms with Gasteiger partial charge in [0.1, 0.15) is 0 Å². The summed E-state index contributed by atoms with van der Waals surface area (Å²) < 4.78 is 26.1. The molecule has 1 aromatic carbocycles. The fraction of sp³-hybridized carbons (Fsp3) is 0.632. The van der Waals surface area contributed by atoms with Gasteiger partial charge in [-0.05, 0) is 37.5 Å². The van der Waals surface area contributed by atoms with Crippen LogP contribution in [0.5, 0.6) is 0 Å². The highest BCUT2D eigenvalue weighted by Crippen LogP contribution is 2.35. The third-order valence-corrected chi connectivity index (χ3v) is 8.78. The van der Waals surface area contributed by atoms with E-state index in [1.807, 2.05) is 11.8 Å². The monoisotopic (exact) mass is 411 g/mol. The first kappa shape index (κ1) is 20.6. The summed E-state index contributed by atoms with van der Waals surface area (Å²) in [4.78, 5) is 15.2. The summed E-state index contributed by atoms with van der Waals surface area (Å²) in [7, 11) is -0.522. The quantitative estimate of drug-likeness (QED) is 0.806. The molecule has 2 unspecified atom stereocenters. The van der Waals surface area contributed by atoms with Gasteiger partial charge in [0.25, 0.3) is 0 Å². The van der Waals surface area contributed by atoms with Gasteiger partial charge in [-0.3, -0.25) is 9.69 Å². The molecular formula is C19H29N3O3S2. The molecule has 0 bridgehead atoms. The zero-order valence-electron chi connectivity index (χ0n) is 16.3. The standard InChI is InChI=1S/C19H29N3O3S2/c1-14-8-9-15(12-18(14)27(24,25)21(2)3)20-19(23)13-22-10-11-26-17-7-5-4-6-16(17)22/h8-9,12,16-17H,4-7,10-11,13H2,1-3H3,(H,20,23). The predicted molar refractivity (Wildman–Crippen MR) is 111 cm³/mol. The Morgan fingerprint density at radius 3 is 2.78 bits per heavy atom. The van der Waals surface area contributed by atoms with Gasteiger partial charge in [-0.15, -0.1) is 0 Å². The summed E-state index contributed by atoms with van der Waals surface area (Å²) >= 11 is 2.05. The van der Waals surface area contributed by atoms with Crippen LogP contribution in [0.1, 0.15) is 31.2 Å². The maximum Gasteiger partial charge on any atom is 0.242 e. The highest BCUT2D eigenvalue weighted by Gasteiger charge is 2.34. The zero-order valence-corrected chi connectivity index (χ0v) is 17.9. The van der Waals surface area contributed by atoms with Crippen molar-refractivity contribution in [3.05, 3.63) is 23.8 Å². The van der Waals surface area contributed by atoms with E-state index in [9.17, 15) is 13.2 Å². The summed E-state index contributed by atoms with van der Waals surface area (Å²) in [5.74, 6) is 0.993. The van der Waals surface area contributed by atoms with E-state index in [4.69, 9.17) is 0 Å². The topological polar surface area (TPSA) is 69.7 Å². The number of amides is 1. The molecule has 2 aliphatic rings. The lowest BCUT2D eigenvalue weighted by Gasteiger charge is -2.43. The van der Waals surface area contributed by atoms with Gasteiger partial charge in [0.05, 0.1) is 11.4 Å². The minimum Gasteiger partial charge on any atom is -0.325 e. The maximum atomic E-state index is 12.6. The van der Waals surface area contributed by atoms with Crippen molar-refractivity contribution in [2.75, 3.05) is 38.3 Å². The Kier molecular flexibility index (Phi) is 6.50. The van der Waals surface area contributed by atoms with Crippen molar-refractivity contribution >= 4 is 33.4 Å². The number of sulfonamides is 1. The van der Waals surface area contributed by atoms with Crippen LogP contribution in [0.2, 0.25) is 0 Å². The molecular weight excluding hydrogens is 382 g/mol. The van der Waals surface area contributed by atoms with E-state index in [-0.39, 0.29) is 10.8 Å². The van der Waals surface area contributed by atoms with Crippen molar-refractivity contribution < 1.29 is 13.2 Å². The number of rotatable bonds is 5. The molecule has 6 nitrogen and oxygen atoms in total. The average molecular weight is 412 g/mol. The summed E-state index contributed by atoms with van der Waals surface area (Å²) in [6, 6.07) is 5.54. The van der Waals surface area contributed by atoms with Crippen molar-refractivity contribution in [2.24, 2.45) is 0 Å². The van der Waals surface area contributed by atoms with Gasteiger partial charge in [0.2, 0.25) is 15.9 Å². The smallest absolute Gasteiger partial charge is 0.242 e. The molecule has 1 N–H and O–H groups in total. The Balaban J connectivity index is 1.69. The van der Waals surface area contributed by atoms with Gasteiger partial charge >= 0.3 is 0 Å². The number of carbonyl (C=O) groups is 1. The third kappa shape index (κ3) is 4.67. The minimum absolute atomic E-state index is 0.0803. The Labute approximate surface area is 166 Å². The number of aryl methyl sites for hydroxylation is 1. The van der Waals surface area contributed by atoms with E-state index < -0.39 is 10.0 Å². The third-order valence-electron chi connectivity index (χ3n) is 5.42. The van der Waals surface area contributed by atoms with E-state index >= 15 is 0 Å². The average Bonchev–Trinajstić information content (AvgIpc) is 2.63. The molecule has 2 fully saturated rings. The van der Waals surface area contributed by atoms with Crippen LogP contribution >= 0.6 is 11.8 Å². The Hall–Kier alpha value is -1.09. The Morgan fingerprint density at radius 2 is 2.04 bits per heavy atom. The van der Waals surface area contributed by atoms with Crippen molar-refractivity contribution in [1.29, 1.82) is 0 Å². The number of nitrogens with one attached hydrogen (secondary N) is 1. The molecule has 0 aromatic heterocycles. The van der Waals surface area contributed by atoms with Crippen LogP contribution in [0.3, 0.4) is 0 Å². The van der Waals surface area contributed by atoms with Gasteiger partial charge in [-0.25, -0.2) is 12.7 Å². The molecule has 1 heterocycles. The highest BCUT2D eigenvalue weighted by atomic mass is 32.2. The lowest BCUT2D eigenvalue weighted by molar-refractivity contribution is -0.118. The first-order chi connectivity index (χ1) is 12.8. The number of carbonyl (C=O) groups excluding carboxylic acids is 1. The molecule has 2 atom stereocenters. The summed E-state index contributed by atoms with van der Waals surface area (Å²) in [5, 5.41) is 3.54. The molecule has 0 spiro atoms. The van der Waals surface area contributed by atoms with Gasteiger partial charge in [-0.2, -0.15) is 11.8 Å². The van der Waals surface area contributed by atoms with Crippen LogP contribution in [0.4, 0.5) is 5.69 Å². The second-order valence-electron chi connectivity index (χ2n) is 7.55. The molecule has 3 rings (SSSR count). The fourth-order valence-electron chi connectivity index (χ4n) is 3.91. The molecule has 1 saturated heterocycles. The molecule has 0 radical (unpaired) electrons.